The van der Waals surface area contributed by atoms with Crippen LogP contribution in [0.1, 0.15) is 182 Å². The van der Waals surface area contributed by atoms with Crippen LogP contribution in [-0.2, 0) is 0 Å². The first kappa shape index (κ1) is 35.4. The molecule has 0 fully saturated rings. The van der Waals surface area contributed by atoms with Gasteiger partial charge in [0.15, 0.2) is 0 Å². The molecule has 0 saturated heterocycles. The van der Waals surface area contributed by atoms with Crippen LogP contribution in [0.3, 0.4) is 0 Å². The fourth-order valence-corrected chi connectivity index (χ4v) is 5.08. The van der Waals surface area contributed by atoms with Gasteiger partial charge < -0.3 is 5.73 Å². The lowest BCUT2D eigenvalue weighted by molar-refractivity contribution is 0.158. The van der Waals surface area contributed by atoms with E-state index in [9.17, 15) is 0 Å². The number of halogens is 1. The van der Waals surface area contributed by atoms with Crippen LogP contribution in [0, 0.1) is 11.3 Å². The Bertz CT molecular complexity index is 368. The van der Waals surface area contributed by atoms with Gasteiger partial charge >= 0.3 is 0 Å². The number of hydrogen-bond acceptors (Lipinski definition) is 1. The SMILES string of the molecule is CCCCCCCCCCCCCCCC(N)C(C)(C)C(C)CCCCCCCCCC.Cl. The molecule has 0 radical (unpaired) electrons. The Hall–Kier alpha value is 0.250. The van der Waals surface area contributed by atoms with Crippen molar-refractivity contribution in [3.63, 3.8) is 0 Å². The molecule has 2 atom stereocenters. The van der Waals surface area contributed by atoms with Crippen LogP contribution in [0.25, 0.3) is 0 Å². The van der Waals surface area contributed by atoms with Gasteiger partial charge in [-0.15, -0.1) is 12.4 Å². The quantitative estimate of drug-likeness (QED) is 0.127. The molecule has 2 N–H and O–H groups in total. The van der Waals surface area contributed by atoms with Crippen molar-refractivity contribution >= 4 is 12.4 Å². The average molecular weight is 488 g/mol. The molecule has 0 saturated carbocycles. The van der Waals surface area contributed by atoms with Gasteiger partial charge in [0.05, 0.1) is 0 Å². The molecule has 2 unspecified atom stereocenters. The van der Waals surface area contributed by atoms with Crippen molar-refractivity contribution in [2.75, 3.05) is 0 Å². The molecule has 0 aromatic heterocycles. The summed E-state index contributed by atoms with van der Waals surface area (Å²) in [4.78, 5) is 0. The van der Waals surface area contributed by atoms with E-state index in [0.29, 0.717) is 6.04 Å². The maximum absolute atomic E-state index is 6.69. The third-order valence-electron chi connectivity index (χ3n) is 8.34. The molecule has 0 heterocycles. The fourth-order valence-electron chi connectivity index (χ4n) is 5.08. The first-order valence-corrected chi connectivity index (χ1v) is 15.2. The Morgan fingerprint density at radius 2 is 0.758 bits per heavy atom. The second-order valence-corrected chi connectivity index (χ2v) is 11.6. The monoisotopic (exact) mass is 487 g/mol. The molecule has 0 aromatic carbocycles. The molecule has 0 bridgehead atoms. The summed E-state index contributed by atoms with van der Waals surface area (Å²) in [5, 5.41) is 0. The Kier molecular flexibility index (Phi) is 27.2. The van der Waals surface area contributed by atoms with E-state index in [-0.39, 0.29) is 17.8 Å². The summed E-state index contributed by atoms with van der Waals surface area (Å²) in [5.74, 6) is 0.736. The summed E-state index contributed by atoms with van der Waals surface area (Å²) in [6, 6.07) is 0.360. The highest BCUT2D eigenvalue weighted by molar-refractivity contribution is 5.85. The number of nitrogens with two attached hydrogens (primary N) is 1. The second kappa shape index (κ2) is 25.3. The zero-order valence-electron chi connectivity index (χ0n) is 23.9. The molecule has 33 heavy (non-hydrogen) atoms. The van der Waals surface area contributed by atoms with Crippen molar-refractivity contribution in [1.82, 2.24) is 0 Å². The third kappa shape index (κ3) is 21.3. The number of unbranched alkanes of at least 4 members (excludes halogenated alkanes) is 19. The highest BCUT2D eigenvalue weighted by Crippen LogP contribution is 2.35. The summed E-state index contributed by atoms with van der Waals surface area (Å²) < 4.78 is 0. The molecule has 0 aromatic rings. The normalized spacial score (nSPS) is 13.6. The van der Waals surface area contributed by atoms with Crippen LogP contribution in [0.15, 0.2) is 0 Å². The van der Waals surface area contributed by atoms with Crippen LogP contribution < -0.4 is 5.73 Å². The standard InChI is InChI=1S/C31H65N.ClH/c1-6-8-10-12-14-16-17-18-19-20-22-24-26-28-30(32)31(4,5)29(3)27-25-23-21-15-13-11-9-7-2;/h29-30H,6-28,32H2,1-5H3;1H. The highest BCUT2D eigenvalue weighted by Gasteiger charge is 2.31. The molecule has 0 aliphatic heterocycles. The average Bonchev–Trinajstić information content (AvgIpc) is 2.78. The van der Waals surface area contributed by atoms with Crippen molar-refractivity contribution in [2.45, 2.75) is 188 Å². The first-order chi connectivity index (χ1) is 15.5. The van der Waals surface area contributed by atoms with Crippen LogP contribution in [0.2, 0.25) is 0 Å². The van der Waals surface area contributed by atoms with Gasteiger partial charge in [0, 0.05) is 6.04 Å². The van der Waals surface area contributed by atoms with Crippen molar-refractivity contribution in [3.8, 4) is 0 Å². The van der Waals surface area contributed by atoms with Crippen molar-refractivity contribution < 1.29 is 0 Å². The zero-order valence-corrected chi connectivity index (χ0v) is 24.7. The van der Waals surface area contributed by atoms with Gasteiger partial charge in [-0.1, -0.05) is 176 Å². The van der Waals surface area contributed by atoms with Crippen LogP contribution in [-0.4, -0.2) is 6.04 Å². The van der Waals surface area contributed by atoms with E-state index >= 15 is 0 Å². The van der Waals surface area contributed by atoms with Gasteiger partial charge in [-0.2, -0.15) is 0 Å². The summed E-state index contributed by atoms with van der Waals surface area (Å²) in [6.07, 6.45) is 32.5. The molecule has 1 nitrogen and oxygen atoms in total. The molecular weight excluding hydrogens is 422 g/mol. The Balaban J connectivity index is 0. The topological polar surface area (TPSA) is 26.0 Å². The molecule has 202 valence electrons. The van der Waals surface area contributed by atoms with Gasteiger partial charge in [-0.3, -0.25) is 0 Å². The lowest BCUT2D eigenvalue weighted by Gasteiger charge is -2.38. The maximum Gasteiger partial charge on any atom is 0.00928 e. The van der Waals surface area contributed by atoms with Crippen LogP contribution in [0.4, 0.5) is 0 Å². The first-order valence-electron chi connectivity index (χ1n) is 15.2. The molecule has 0 spiro atoms. The van der Waals surface area contributed by atoms with E-state index < -0.39 is 0 Å². The minimum absolute atomic E-state index is 0. The third-order valence-corrected chi connectivity index (χ3v) is 8.34. The van der Waals surface area contributed by atoms with Crippen molar-refractivity contribution in [3.05, 3.63) is 0 Å². The van der Waals surface area contributed by atoms with Gasteiger partial charge in [-0.05, 0) is 17.8 Å². The number of hydrogen-bond donors (Lipinski definition) is 1. The van der Waals surface area contributed by atoms with Gasteiger partial charge in [0.2, 0.25) is 0 Å². The molecule has 2 heteroatoms. The smallest absolute Gasteiger partial charge is 0.00928 e. The fraction of sp³-hybridized carbons (Fsp3) is 1.00. The van der Waals surface area contributed by atoms with E-state index in [4.69, 9.17) is 5.73 Å². The molecule has 0 aliphatic rings. The number of rotatable bonds is 25. The molecule has 0 amide bonds. The predicted octanol–water partition coefficient (Wildman–Crippen LogP) is 11.4. The summed E-state index contributed by atoms with van der Waals surface area (Å²) in [6.45, 7) is 11.9. The van der Waals surface area contributed by atoms with Crippen molar-refractivity contribution in [2.24, 2.45) is 17.1 Å². The second-order valence-electron chi connectivity index (χ2n) is 11.6. The predicted molar refractivity (Wildman–Crippen MR) is 156 cm³/mol. The van der Waals surface area contributed by atoms with Crippen LogP contribution in [0.5, 0.6) is 0 Å². The lowest BCUT2D eigenvalue weighted by Crippen LogP contribution is -2.41. The summed E-state index contributed by atoms with van der Waals surface area (Å²) >= 11 is 0. The minimum atomic E-state index is 0. The summed E-state index contributed by atoms with van der Waals surface area (Å²) in [5.41, 5.74) is 6.97. The van der Waals surface area contributed by atoms with Crippen LogP contribution >= 0.6 is 12.4 Å². The Labute approximate surface area is 217 Å². The Morgan fingerprint density at radius 1 is 0.485 bits per heavy atom. The maximum atomic E-state index is 6.69. The van der Waals surface area contributed by atoms with E-state index in [0.717, 1.165) is 5.92 Å². The van der Waals surface area contributed by atoms with Gasteiger partial charge in [0.25, 0.3) is 0 Å². The van der Waals surface area contributed by atoms with E-state index in [1.165, 1.54) is 148 Å². The highest BCUT2D eigenvalue weighted by atomic mass is 35.5. The minimum Gasteiger partial charge on any atom is -0.327 e. The van der Waals surface area contributed by atoms with Crippen molar-refractivity contribution in [1.29, 1.82) is 0 Å². The zero-order chi connectivity index (χ0) is 23.9. The summed E-state index contributed by atoms with van der Waals surface area (Å²) in [7, 11) is 0. The molecule has 0 aliphatic carbocycles. The molecule has 0 rings (SSSR count). The largest absolute Gasteiger partial charge is 0.327 e. The van der Waals surface area contributed by atoms with E-state index in [1.54, 1.807) is 0 Å². The lowest BCUT2D eigenvalue weighted by atomic mass is 9.71. The van der Waals surface area contributed by atoms with Gasteiger partial charge in [0.1, 0.15) is 0 Å². The van der Waals surface area contributed by atoms with Gasteiger partial charge in [-0.25, -0.2) is 0 Å². The Morgan fingerprint density at radius 3 is 1.09 bits per heavy atom. The van der Waals surface area contributed by atoms with E-state index in [2.05, 4.69) is 34.6 Å². The van der Waals surface area contributed by atoms with E-state index in [1.807, 2.05) is 0 Å². The molecular formula is C31H66ClN.